The summed E-state index contributed by atoms with van der Waals surface area (Å²) in [5.74, 6) is -0.0244. The van der Waals surface area contributed by atoms with Crippen LogP contribution in [0, 0.1) is 12.7 Å². The lowest BCUT2D eigenvalue weighted by atomic mass is 10.2. The van der Waals surface area contributed by atoms with Crippen LogP contribution in [0.2, 0.25) is 0 Å². The lowest BCUT2D eigenvalue weighted by molar-refractivity contribution is -0.142. The average Bonchev–Trinajstić information content (AvgIpc) is 2.35. The van der Waals surface area contributed by atoms with E-state index in [0.29, 0.717) is 31.8 Å². The minimum atomic E-state index is -0.304. The van der Waals surface area contributed by atoms with Gasteiger partial charge in [0.2, 0.25) is 0 Å². The Balaban J connectivity index is 2.42. The lowest BCUT2D eigenvalue weighted by Gasteiger charge is -2.17. The Morgan fingerprint density at radius 3 is 2.44 bits per heavy atom. The van der Waals surface area contributed by atoms with Gasteiger partial charge in [0.05, 0.1) is 6.61 Å². The van der Waals surface area contributed by atoms with Gasteiger partial charge in [-0.2, -0.15) is 0 Å². The van der Waals surface area contributed by atoms with Crippen molar-refractivity contribution >= 4 is 0 Å². The molecule has 0 saturated carbocycles. The first-order chi connectivity index (χ1) is 8.69. The second-order valence-electron chi connectivity index (χ2n) is 3.86. The van der Waals surface area contributed by atoms with Crippen LogP contribution in [0.5, 0.6) is 5.75 Å². The molecule has 0 atom stereocenters. The van der Waals surface area contributed by atoms with Crippen LogP contribution in [0.1, 0.15) is 25.8 Å². The SMILES string of the molecule is CCOC(CCOc1cccc(C)c1F)OCC. The molecule has 18 heavy (non-hydrogen) atoms. The van der Waals surface area contributed by atoms with Gasteiger partial charge in [-0.15, -0.1) is 0 Å². The molecule has 0 heterocycles. The van der Waals surface area contributed by atoms with Gasteiger partial charge in [0.15, 0.2) is 17.9 Å². The van der Waals surface area contributed by atoms with Crippen molar-refractivity contribution in [2.45, 2.75) is 33.5 Å². The number of halogens is 1. The van der Waals surface area contributed by atoms with Crippen molar-refractivity contribution < 1.29 is 18.6 Å². The molecule has 0 bridgehead atoms. The molecule has 0 N–H and O–H groups in total. The van der Waals surface area contributed by atoms with E-state index in [0.717, 1.165) is 0 Å². The van der Waals surface area contributed by atoms with Crippen LogP contribution < -0.4 is 4.74 Å². The van der Waals surface area contributed by atoms with Crippen molar-refractivity contribution in [1.29, 1.82) is 0 Å². The summed E-state index contributed by atoms with van der Waals surface area (Å²) in [6, 6.07) is 5.11. The van der Waals surface area contributed by atoms with Crippen LogP contribution in [-0.2, 0) is 9.47 Å². The Morgan fingerprint density at radius 2 is 1.83 bits per heavy atom. The van der Waals surface area contributed by atoms with Gasteiger partial charge < -0.3 is 14.2 Å². The topological polar surface area (TPSA) is 27.7 Å². The zero-order valence-corrected chi connectivity index (χ0v) is 11.2. The fourth-order valence-electron chi connectivity index (χ4n) is 1.58. The maximum atomic E-state index is 13.6. The molecular formula is C14H21FO3. The van der Waals surface area contributed by atoms with Crippen LogP contribution in [0.15, 0.2) is 18.2 Å². The van der Waals surface area contributed by atoms with E-state index in [-0.39, 0.29) is 17.9 Å². The Labute approximate surface area is 108 Å². The van der Waals surface area contributed by atoms with Crippen LogP contribution in [0.4, 0.5) is 4.39 Å². The molecular weight excluding hydrogens is 235 g/mol. The molecule has 0 radical (unpaired) electrons. The third-order valence-electron chi connectivity index (χ3n) is 2.47. The maximum absolute atomic E-state index is 13.6. The molecule has 1 aromatic carbocycles. The standard InChI is InChI=1S/C14H21FO3/c1-4-16-13(17-5-2)9-10-18-12-8-6-7-11(3)14(12)15/h6-8,13H,4-5,9-10H2,1-3H3. The summed E-state index contributed by atoms with van der Waals surface area (Å²) >= 11 is 0. The third-order valence-corrected chi connectivity index (χ3v) is 2.47. The van der Waals surface area contributed by atoms with Gasteiger partial charge in [0, 0.05) is 19.6 Å². The molecule has 0 aliphatic carbocycles. The summed E-state index contributed by atoms with van der Waals surface area (Å²) in [5.41, 5.74) is 0.582. The number of ether oxygens (including phenoxy) is 3. The number of hydrogen-bond acceptors (Lipinski definition) is 3. The van der Waals surface area contributed by atoms with Gasteiger partial charge in [0.1, 0.15) is 0 Å². The molecule has 0 aromatic heterocycles. The van der Waals surface area contributed by atoms with E-state index < -0.39 is 0 Å². The fraction of sp³-hybridized carbons (Fsp3) is 0.571. The fourth-order valence-corrected chi connectivity index (χ4v) is 1.58. The largest absolute Gasteiger partial charge is 0.490 e. The van der Waals surface area contributed by atoms with Gasteiger partial charge in [-0.1, -0.05) is 12.1 Å². The Hall–Kier alpha value is -1.13. The lowest BCUT2D eigenvalue weighted by Crippen LogP contribution is -2.20. The molecule has 0 aliphatic heterocycles. The first-order valence-corrected chi connectivity index (χ1v) is 6.30. The molecule has 0 aliphatic rings. The highest BCUT2D eigenvalue weighted by Gasteiger charge is 2.10. The van der Waals surface area contributed by atoms with Crippen LogP contribution in [0.25, 0.3) is 0 Å². The zero-order valence-electron chi connectivity index (χ0n) is 11.2. The Bertz CT molecular complexity index is 349. The van der Waals surface area contributed by atoms with Crippen molar-refractivity contribution in [2.75, 3.05) is 19.8 Å². The van der Waals surface area contributed by atoms with Crippen molar-refractivity contribution in [1.82, 2.24) is 0 Å². The quantitative estimate of drug-likeness (QED) is 0.668. The van der Waals surface area contributed by atoms with Crippen LogP contribution >= 0.6 is 0 Å². The molecule has 102 valence electrons. The summed E-state index contributed by atoms with van der Waals surface area (Å²) in [4.78, 5) is 0. The van der Waals surface area contributed by atoms with E-state index in [1.54, 1.807) is 25.1 Å². The van der Waals surface area contributed by atoms with E-state index >= 15 is 0 Å². The minimum absolute atomic E-state index is 0.279. The summed E-state index contributed by atoms with van der Waals surface area (Å²) in [7, 11) is 0. The Morgan fingerprint density at radius 1 is 1.17 bits per heavy atom. The highest BCUT2D eigenvalue weighted by Crippen LogP contribution is 2.20. The van der Waals surface area contributed by atoms with Gasteiger partial charge >= 0.3 is 0 Å². The molecule has 0 saturated heterocycles. The monoisotopic (exact) mass is 256 g/mol. The van der Waals surface area contributed by atoms with Gasteiger partial charge in [-0.25, -0.2) is 4.39 Å². The molecule has 0 unspecified atom stereocenters. The van der Waals surface area contributed by atoms with E-state index in [1.165, 1.54) is 0 Å². The van der Waals surface area contributed by atoms with E-state index in [1.807, 2.05) is 13.8 Å². The predicted octanol–water partition coefficient (Wildman–Crippen LogP) is 3.30. The van der Waals surface area contributed by atoms with E-state index in [9.17, 15) is 4.39 Å². The van der Waals surface area contributed by atoms with Crippen molar-refractivity contribution in [3.8, 4) is 5.75 Å². The first kappa shape index (κ1) is 14.9. The Kier molecular flexibility index (Phi) is 6.68. The van der Waals surface area contributed by atoms with Crippen molar-refractivity contribution in [3.63, 3.8) is 0 Å². The van der Waals surface area contributed by atoms with Crippen molar-refractivity contribution in [3.05, 3.63) is 29.6 Å². The molecule has 1 aromatic rings. The molecule has 3 nitrogen and oxygen atoms in total. The van der Waals surface area contributed by atoms with Gasteiger partial charge in [0.25, 0.3) is 0 Å². The van der Waals surface area contributed by atoms with Gasteiger partial charge in [-0.3, -0.25) is 0 Å². The summed E-state index contributed by atoms with van der Waals surface area (Å²) in [5, 5.41) is 0. The van der Waals surface area contributed by atoms with Crippen molar-refractivity contribution in [2.24, 2.45) is 0 Å². The van der Waals surface area contributed by atoms with Crippen LogP contribution in [-0.4, -0.2) is 26.1 Å². The average molecular weight is 256 g/mol. The predicted molar refractivity (Wildman–Crippen MR) is 68.3 cm³/mol. The second kappa shape index (κ2) is 8.06. The molecule has 1 rings (SSSR count). The normalized spacial score (nSPS) is 10.9. The number of hydrogen-bond donors (Lipinski definition) is 0. The summed E-state index contributed by atoms with van der Waals surface area (Å²) < 4.78 is 29.8. The van der Waals surface area contributed by atoms with Gasteiger partial charge in [-0.05, 0) is 32.4 Å². The van der Waals surface area contributed by atoms with E-state index in [2.05, 4.69) is 0 Å². The molecule has 0 spiro atoms. The van der Waals surface area contributed by atoms with Crippen LogP contribution in [0.3, 0.4) is 0 Å². The zero-order chi connectivity index (χ0) is 13.4. The molecule has 4 heteroatoms. The molecule has 0 fully saturated rings. The summed E-state index contributed by atoms with van der Waals surface area (Å²) in [6.07, 6.45) is 0.294. The third kappa shape index (κ3) is 4.63. The number of rotatable bonds is 8. The van der Waals surface area contributed by atoms with E-state index in [4.69, 9.17) is 14.2 Å². The highest BCUT2D eigenvalue weighted by molar-refractivity contribution is 5.29. The smallest absolute Gasteiger partial charge is 0.167 e. The number of aryl methyl sites for hydroxylation is 1. The first-order valence-electron chi connectivity index (χ1n) is 6.30. The number of benzene rings is 1. The molecule has 0 amide bonds. The highest BCUT2D eigenvalue weighted by atomic mass is 19.1. The summed E-state index contributed by atoms with van der Waals surface area (Å²) in [6.45, 7) is 7.07. The maximum Gasteiger partial charge on any atom is 0.167 e. The minimum Gasteiger partial charge on any atom is -0.490 e. The second-order valence-corrected chi connectivity index (χ2v) is 3.86.